The molecule has 4 saturated carbocycles. The van der Waals surface area contributed by atoms with E-state index in [0.717, 1.165) is 25.7 Å². The Balaban J connectivity index is 1.46. The van der Waals surface area contributed by atoms with Gasteiger partial charge in [0.1, 0.15) is 23.8 Å². The van der Waals surface area contributed by atoms with E-state index >= 15 is 0 Å². The van der Waals surface area contributed by atoms with E-state index < -0.39 is 28.8 Å². The van der Waals surface area contributed by atoms with Gasteiger partial charge in [0.15, 0.2) is 5.60 Å². The summed E-state index contributed by atoms with van der Waals surface area (Å²) in [5, 5.41) is 0. The molecule has 34 heavy (non-hydrogen) atoms. The summed E-state index contributed by atoms with van der Waals surface area (Å²) in [6.07, 6.45) is 5.50. The summed E-state index contributed by atoms with van der Waals surface area (Å²) in [5.74, 6) is 0.711. The lowest BCUT2D eigenvalue weighted by Crippen LogP contribution is -2.77. The zero-order chi connectivity index (χ0) is 23.2. The van der Waals surface area contributed by atoms with E-state index in [2.05, 4.69) is 0 Å². The Kier molecular flexibility index (Phi) is 4.30. The number of ether oxygens (including phenoxy) is 1. The Morgan fingerprint density at radius 3 is 1.97 bits per heavy atom. The van der Waals surface area contributed by atoms with E-state index in [1.54, 1.807) is 24.0 Å². The number of esters is 1. The highest BCUT2D eigenvalue weighted by molar-refractivity contribution is 5.86. The minimum Gasteiger partial charge on any atom is -0.465 e. The first-order valence-electron chi connectivity index (χ1n) is 12.4. The molecule has 0 unspecified atom stereocenters. The summed E-state index contributed by atoms with van der Waals surface area (Å²) in [6, 6.07) is 9.12. The minimum atomic E-state index is -1.12. The summed E-state index contributed by atoms with van der Waals surface area (Å²) in [6.45, 7) is 1.95. The Morgan fingerprint density at radius 2 is 1.50 bits per heavy atom. The molecule has 5 nitrogen and oxygen atoms in total. The molecule has 6 aliphatic rings. The number of hydrogen-bond donors (Lipinski definition) is 0. The van der Waals surface area contributed by atoms with Crippen molar-refractivity contribution in [3.63, 3.8) is 0 Å². The maximum absolute atomic E-state index is 14.8. The van der Waals surface area contributed by atoms with Crippen molar-refractivity contribution in [1.82, 2.24) is 0 Å². The summed E-state index contributed by atoms with van der Waals surface area (Å²) < 4.78 is 34.8. The topological polar surface area (TPSA) is 48.0 Å². The second-order valence-electron chi connectivity index (χ2n) is 10.7. The zero-order valence-corrected chi connectivity index (χ0v) is 19.1. The number of hydrogen-bond acceptors (Lipinski definition) is 5. The lowest BCUT2D eigenvalue weighted by molar-refractivity contribution is -0.583. The molecule has 2 spiro atoms. The van der Waals surface area contributed by atoms with Gasteiger partial charge in [-0.3, -0.25) is 4.79 Å². The van der Waals surface area contributed by atoms with Crippen molar-refractivity contribution in [2.24, 2.45) is 23.7 Å². The predicted molar refractivity (Wildman–Crippen MR) is 119 cm³/mol. The van der Waals surface area contributed by atoms with Crippen LogP contribution in [0.2, 0.25) is 0 Å². The van der Waals surface area contributed by atoms with Gasteiger partial charge in [0, 0.05) is 22.5 Å². The largest absolute Gasteiger partial charge is 0.465 e. The Hall–Kier alpha value is -2.51. The van der Waals surface area contributed by atoms with E-state index in [9.17, 15) is 13.6 Å². The summed E-state index contributed by atoms with van der Waals surface area (Å²) in [5.41, 5.74) is 0.772. The molecule has 0 N–H and O–H groups in total. The molecular weight excluding hydrogens is 440 g/mol. The zero-order valence-electron chi connectivity index (χ0n) is 19.1. The van der Waals surface area contributed by atoms with E-state index in [1.165, 1.54) is 30.7 Å². The third kappa shape index (κ3) is 2.47. The van der Waals surface area contributed by atoms with Crippen LogP contribution in [0.5, 0.6) is 0 Å². The van der Waals surface area contributed by atoms with Gasteiger partial charge in [-0.1, -0.05) is 0 Å². The molecule has 7 heteroatoms. The lowest BCUT2D eigenvalue weighted by atomic mass is 9.44. The number of benzene rings is 2. The van der Waals surface area contributed by atoms with Crippen LogP contribution >= 0.6 is 0 Å². The second kappa shape index (κ2) is 7.01. The first-order chi connectivity index (χ1) is 16.5. The molecule has 2 aliphatic heterocycles. The van der Waals surface area contributed by atoms with Crippen molar-refractivity contribution in [2.75, 3.05) is 18.1 Å². The molecule has 2 aromatic rings. The van der Waals surface area contributed by atoms with E-state index in [0.29, 0.717) is 34.3 Å². The van der Waals surface area contributed by atoms with Crippen molar-refractivity contribution in [3.05, 3.63) is 59.2 Å². The number of carbonyl (C=O) groups excluding carboxylic acids is 1. The predicted octanol–water partition coefficient (Wildman–Crippen LogP) is 5.38. The molecule has 178 valence electrons. The molecule has 2 heterocycles. The highest BCUT2D eigenvalue weighted by Gasteiger charge is 2.77. The molecule has 0 amide bonds. The average molecular weight is 468 g/mol. The normalized spacial score (nSPS) is 33.6. The number of anilines is 2. The quantitative estimate of drug-likeness (QED) is 0.448. The first kappa shape index (κ1) is 20.8. The second-order valence-corrected chi connectivity index (χ2v) is 10.7. The van der Waals surface area contributed by atoms with Gasteiger partial charge in [0.05, 0.1) is 6.61 Å². The van der Waals surface area contributed by atoms with Crippen LogP contribution in [0.3, 0.4) is 0 Å². The number of halogens is 2. The van der Waals surface area contributed by atoms with Crippen LogP contribution in [0, 0.1) is 35.3 Å². The van der Waals surface area contributed by atoms with Gasteiger partial charge in [0.2, 0.25) is 0 Å². The van der Waals surface area contributed by atoms with Gasteiger partial charge in [-0.2, -0.15) is 0 Å². The fraction of sp³-hybridized carbons (Fsp3) is 0.519. The molecule has 4 bridgehead atoms. The first-order valence-corrected chi connectivity index (χ1v) is 12.4. The van der Waals surface area contributed by atoms with Crippen molar-refractivity contribution >= 4 is 17.3 Å². The van der Waals surface area contributed by atoms with Crippen molar-refractivity contribution in [3.8, 4) is 0 Å². The van der Waals surface area contributed by atoms with Crippen molar-refractivity contribution in [2.45, 2.75) is 50.2 Å². The fourth-order valence-corrected chi connectivity index (χ4v) is 8.16. The van der Waals surface area contributed by atoms with Gasteiger partial charge >= 0.3 is 5.97 Å². The van der Waals surface area contributed by atoms with Crippen LogP contribution in [0.1, 0.15) is 50.2 Å². The van der Waals surface area contributed by atoms with Crippen molar-refractivity contribution in [1.29, 1.82) is 0 Å². The smallest absolute Gasteiger partial charge is 0.325 e. The van der Waals surface area contributed by atoms with Gasteiger partial charge in [-0.15, -0.1) is 0 Å². The van der Waals surface area contributed by atoms with Crippen molar-refractivity contribution < 1.29 is 28.1 Å². The highest BCUT2D eigenvalue weighted by Crippen LogP contribution is 2.73. The molecule has 8 rings (SSSR count). The number of nitrogens with zero attached hydrogens (tertiary/aromatic N) is 1. The van der Waals surface area contributed by atoms with Crippen LogP contribution in [-0.2, 0) is 24.9 Å². The van der Waals surface area contributed by atoms with Gasteiger partial charge in [0.25, 0.3) is 0 Å². The molecule has 0 atom stereocenters. The third-order valence-corrected chi connectivity index (χ3v) is 9.06. The van der Waals surface area contributed by atoms with Crippen LogP contribution < -0.4 is 4.90 Å². The number of rotatable bonds is 3. The average Bonchev–Trinajstić information content (AvgIpc) is 2.77. The molecule has 0 radical (unpaired) electrons. The Morgan fingerprint density at radius 1 is 0.941 bits per heavy atom. The molecule has 1 saturated heterocycles. The highest BCUT2D eigenvalue weighted by atomic mass is 19.1. The maximum atomic E-state index is 14.8. The van der Waals surface area contributed by atoms with Gasteiger partial charge < -0.3 is 9.64 Å². The summed E-state index contributed by atoms with van der Waals surface area (Å²) >= 11 is 0. The van der Waals surface area contributed by atoms with E-state index in [-0.39, 0.29) is 25.0 Å². The van der Waals surface area contributed by atoms with E-state index in [4.69, 9.17) is 14.5 Å². The molecular formula is C27H27F2NO4. The minimum absolute atomic E-state index is 0.0634. The SMILES string of the molecule is CCOC(=O)CN1c2ccc(F)cc2C2(OOC23C2CC4CC(C2)CC3C4)c2cc(F)ccc21. The van der Waals surface area contributed by atoms with Crippen LogP contribution in [0.4, 0.5) is 20.2 Å². The van der Waals surface area contributed by atoms with E-state index in [1.807, 2.05) is 0 Å². The molecule has 2 aromatic carbocycles. The Labute approximate surface area is 196 Å². The standard InChI is InChI=1S/C27H27F2NO4/c1-2-32-25(31)14-30-23-5-3-19(28)12-21(23)27(22-13-20(29)4-6-24(22)30)26(33-34-27)17-8-15-7-16(10-17)11-18(26)9-15/h3-6,12-13,15-18H,2,7-11,14H2,1H3. The number of fused-ring (bicyclic) bond motifs is 4. The van der Waals surface area contributed by atoms with Gasteiger partial charge in [-0.25, -0.2) is 18.6 Å². The monoisotopic (exact) mass is 467 g/mol. The van der Waals surface area contributed by atoms with Crippen LogP contribution in [0.25, 0.3) is 0 Å². The summed E-state index contributed by atoms with van der Waals surface area (Å²) in [4.78, 5) is 26.6. The molecule has 5 fully saturated rings. The van der Waals surface area contributed by atoms with Crippen LogP contribution in [-0.4, -0.2) is 24.7 Å². The molecule has 0 aromatic heterocycles. The van der Waals surface area contributed by atoms with Gasteiger partial charge in [-0.05, 0) is 99.1 Å². The maximum Gasteiger partial charge on any atom is 0.325 e. The number of carbonyl (C=O) groups is 1. The molecule has 4 aliphatic carbocycles. The fourth-order valence-electron chi connectivity index (χ4n) is 8.16. The Bertz CT molecular complexity index is 1120. The summed E-state index contributed by atoms with van der Waals surface area (Å²) in [7, 11) is 0. The lowest BCUT2D eigenvalue weighted by Gasteiger charge is -2.71. The third-order valence-electron chi connectivity index (χ3n) is 9.06. The van der Waals surface area contributed by atoms with Crippen LogP contribution in [0.15, 0.2) is 36.4 Å².